The standard InChI is InChI=1S/C24H30N2O6/c1-16(27)25-19-13-21(31-6)20(30-5)12-18(19)23(29)32-15-22(28)26(24(2,3)4)14-17-10-8-7-9-11-17/h7-13H,14-15H2,1-6H3,(H,25,27). The summed E-state index contributed by atoms with van der Waals surface area (Å²) in [6.07, 6.45) is 0. The lowest BCUT2D eigenvalue weighted by Crippen LogP contribution is -2.46. The van der Waals surface area contributed by atoms with E-state index in [1.165, 1.54) is 33.3 Å². The van der Waals surface area contributed by atoms with Crippen molar-refractivity contribution >= 4 is 23.5 Å². The van der Waals surface area contributed by atoms with E-state index in [9.17, 15) is 14.4 Å². The Morgan fingerprint density at radius 1 is 0.969 bits per heavy atom. The van der Waals surface area contributed by atoms with Gasteiger partial charge in [-0.3, -0.25) is 9.59 Å². The van der Waals surface area contributed by atoms with E-state index in [1.54, 1.807) is 4.90 Å². The zero-order chi connectivity index (χ0) is 23.9. The summed E-state index contributed by atoms with van der Waals surface area (Å²) < 4.78 is 15.8. The van der Waals surface area contributed by atoms with Crippen LogP contribution in [0.15, 0.2) is 42.5 Å². The summed E-state index contributed by atoms with van der Waals surface area (Å²) in [6, 6.07) is 12.5. The van der Waals surface area contributed by atoms with E-state index in [0.717, 1.165) is 5.56 Å². The SMILES string of the molecule is COc1cc(NC(C)=O)c(C(=O)OCC(=O)N(Cc2ccccc2)C(C)(C)C)cc1OC. The van der Waals surface area contributed by atoms with Gasteiger partial charge in [0.1, 0.15) is 0 Å². The highest BCUT2D eigenvalue weighted by Crippen LogP contribution is 2.34. The second-order valence-electron chi connectivity index (χ2n) is 8.15. The fraction of sp³-hybridized carbons (Fsp3) is 0.375. The molecular weight excluding hydrogens is 412 g/mol. The van der Waals surface area contributed by atoms with Gasteiger partial charge in [-0.05, 0) is 26.3 Å². The minimum Gasteiger partial charge on any atom is -0.493 e. The van der Waals surface area contributed by atoms with Crippen LogP contribution in [0.5, 0.6) is 11.5 Å². The first-order valence-electron chi connectivity index (χ1n) is 10.1. The third kappa shape index (κ3) is 6.47. The normalized spacial score (nSPS) is 10.8. The predicted molar refractivity (Wildman–Crippen MR) is 121 cm³/mol. The van der Waals surface area contributed by atoms with E-state index in [1.807, 2.05) is 51.1 Å². The van der Waals surface area contributed by atoms with Crippen LogP contribution in [0.25, 0.3) is 0 Å². The van der Waals surface area contributed by atoms with E-state index in [2.05, 4.69) is 5.32 Å². The number of nitrogens with zero attached hydrogens (tertiary/aromatic N) is 1. The summed E-state index contributed by atoms with van der Waals surface area (Å²) in [4.78, 5) is 39.0. The third-order valence-electron chi connectivity index (χ3n) is 4.68. The first kappa shape index (κ1) is 24.7. The molecule has 2 aromatic carbocycles. The zero-order valence-electron chi connectivity index (χ0n) is 19.4. The van der Waals surface area contributed by atoms with Crippen LogP contribution in [0.3, 0.4) is 0 Å². The van der Waals surface area contributed by atoms with E-state index in [0.29, 0.717) is 18.0 Å². The number of esters is 1. The van der Waals surface area contributed by atoms with Crippen molar-refractivity contribution in [2.24, 2.45) is 0 Å². The van der Waals surface area contributed by atoms with E-state index in [4.69, 9.17) is 14.2 Å². The Labute approximate surface area is 188 Å². The number of methoxy groups -OCH3 is 2. The van der Waals surface area contributed by atoms with Crippen LogP contribution in [0.2, 0.25) is 0 Å². The van der Waals surface area contributed by atoms with Gasteiger partial charge in [0.25, 0.3) is 5.91 Å². The molecule has 0 bridgehead atoms. The number of ether oxygens (including phenoxy) is 3. The Bertz CT molecular complexity index is 966. The first-order valence-corrected chi connectivity index (χ1v) is 10.1. The molecule has 0 aliphatic carbocycles. The van der Waals surface area contributed by atoms with Crippen LogP contribution in [0, 0.1) is 0 Å². The maximum absolute atomic E-state index is 13.0. The molecule has 0 saturated carbocycles. The van der Waals surface area contributed by atoms with E-state index in [-0.39, 0.29) is 23.1 Å². The quantitative estimate of drug-likeness (QED) is 0.627. The second kappa shape index (κ2) is 10.7. The summed E-state index contributed by atoms with van der Waals surface area (Å²) in [5, 5.41) is 2.58. The first-order chi connectivity index (χ1) is 15.1. The third-order valence-corrected chi connectivity index (χ3v) is 4.68. The molecule has 172 valence electrons. The molecule has 2 aromatic rings. The van der Waals surface area contributed by atoms with Crippen molar-refractivity contribution in [3.63, 3.8) is 0 Å². The minimum absolute atomic E-state index is 0.0519. The highest BCUT2D eigenvalue weighted by atomic mass is 16.5. The largest absolute Gasteiger partial charge is 0.493 e. The topological polar surface area (TPSA) is 94.2 Å². The van der Waals surface area contributed by atoms with E-state index < -0.39 is 18.1 Å². The highest BCUT2D eigenvalue weighted by Gasteiger charge is 2.28. The maximum atomic E-state index is 13.0. The fourth-order valence-corrected chi connectivity index (χ4v) is 3.09. The molecule has 0 aliphatic rings. The molecule has 0 aromatic heterocycles. The molecule has 2 amide bonds. The number of carbonyl (C=O) groups is 3. The van der Waals surface area contributed by atoms with Gasteiger partial charge in [-0.1, -0.05) is 30.3 Å². The van der Waals surface area contributed by atoms with Gasteiger partial charge in [-0.15, -0.1) is 0 Å². The lowest BCUT2D eigenvalue weighted by Gasteiger charge is -2.35. The molecule has 0 spiro atoms. The lowest BCUT2D eigenvalue weighted by molar-refractivity contribution is -0.140. The van der Waals surface area contributed by atoms with Gasteiger partial charge in [0.05, 0.1) is 25.5 Å². The van der Waals surface area contributed by atoms with Crippen molar-refractivity contribution in [2.75, 3.05) is 26.1 Å². The molecule has 0 radical (unpaired) electrons. The summed E-state index contributed by atoms with van der Waals surface area (Å²) in [6.45, 7) is 7.00. The summed E-state index contributed by atoms with van der Waals surface area (Å²) in [5.41, 5.74) is 0.736. The zero-order valence-corrected chi connectivity index (χ0v) is 19.4. The van der Waals surface area contributed by atoms with Gasteiger partial charge >= 0.3 is 5.97 Å². The van der Waals surface area contributed by atoms with Crippen LogP contribution >= 0.6 is 0 Å². The molecule has 0 aliphatic heterocycles. The summed E-state index contributed by atoms with van der Waals surface area (Å²) in [5.74, 6) is -0.845. The van der Waals surface area contributed by atoms with Crippen LogP contribution in [-0.2, 0) is 20.9 Å². The molecule has 32 heavy (non-hydrogen) atoms. The van der Waals surface area contributed by atoms with Crippen molar-refractivity contribution in [2.45, 2.75) is 39.8 Å². The van der Waals surface area contributed by atoms with E-state index >= 15 is 0 Å². The van der Waals surface area contributed by atoms with Crippen LogP contribution in [-0.4, -0.2) is 49.0 Å². The molecule has 0 atom stereocenters. The Morgan fingerprint density at radius 2 is 1.56 bits per heavy atom. The van der Waals surface area contributed by atoms with Gasteiger partial charge in [-0.25, -0.2) is 4.79 Å². The molecule has 0 heterocycles. The van der Waals surface area contributed by atoms with Crippen molar-refractivity contribution in [1.82, 2.24) is 4.90 Å². The van der Waals surface area contributed by atoms with Crippen molar-refractivity contribution in [3.05, 3.63) is 53.6 Å². The number of anilines is 1. The molecule has 1 N–H and O–H groups in total. The van der Waals surface area contributed by atoms with Gasteiger partial charge in [-0.2, -0.15) is 0 Å². The Balaban J connectivity index is 2.22. The minimum atomic E-state index is -0.767. The Hall–Kier alpha value is -3.55. The van der Waals surface area contributed by atoms with Gasteiger partial charge in [0.15, 0.2) is 18.1 Å². The predicted octanol–water partition coefficient (Wildman–Crippen LogP) is 3.65. The molecule has 8 nitrogen and oxygen atoms in total. The number of rotatable bonds is 8. The molecule has 0 fully saturated rings. The summed E-state index contributed by atoms with van der Waals surface area (Å²) >= 11 is 0. The molecule has 2 rings (SSSR count). The molecular formula is C24H30N2O6. The average molecular weight is 443 g/mol. The number of hydrogen-bond donors (Lipinski definition) is 1. The smallest absolute Gasteiger partial charge is 0.340 e. The molecule has 0 saturated heterocycles. The van der Waals surface area contributed by atoms with Gasteiger partial charge < -0.3 is 24.4 Å². The van der Waals surface area contributed by atoms with Crippen LogP contribution in [0.4, 0.5) is 5.69 Å². The number of amides is 2. The number of nitrogens with one attached hydrogen (secondary N) is 1. The maximum Gasteiger partial charge on any atom is 0.340 e. The average Bonchev–Trinajstić information content (AvgIpc) is 2.74. The van der Waals surface area contributed by atoms with Crippen LogP contribution < -0.4 is 14.8 Å². The molecule has 0 unspecified atom stereocenters. The Morgan fingerprint density at radius 3 is 2.09 bits per heavy atom. The fourth-order valence-electron chi connectivity index (χ4n) is 3.09. The number of hydrogen-bond acceptors (Lipinski definition) is 6. The lowest BCUT2D eigenvalue weighted by atomic mass is 10.0. The monoisotopic (exact) mass is 442 g/mol. The summed E-state index contributed by atoms with van der Waals surface area (Å²) in [7, 11) is 2.87. The molecule has 8 heteroatoms. The second-order valence-corrected chi connectivity index (χ2v) is 8.15. The number of benzene rings is 2. The van der Waals surface area contributed by atoms with Gasteiger partial charge in [0, 0.05) is 31.1 Å². The van der Waals surface area contributed by atoms with Crippen molar-refractivity contribution < 1.29 is 28.6 Å². The highest BCUT2D eigenvalue weighted by molar-refractivity contribution is 6.02. The Kier molecular flexibility index (Phi) is 8.23. The number of carbonyl (C=O) groups excluding carboxylic acids is 3. The van der Waals surface area contributed by atoms with Crippen molar-refractivity contribution in [3.8, 4) is 11.5 Å². The van der Waals surface area contributed by atoms with Gasteiger partial charge in [0.2, 0.25) is 5.91 Å². The van der Waals surface area contributed by atoms with Crippen LogP contribution in [0.1, 0.15) is 43.6 Å². The van der Waals surface area contributed by atoms with Crippen molar-refractivity contribution in [1.29, 1.82) is 0 Å².